The molecule has 1 aliphatic rings. The van der Waals surface area contributed by atoms with Crippen LogP contribution in [0.3, 0.4) is 0 Å². The predicted octanol–water partition coefficient (Wildman–Crippen LogP) is 2.97. The average Bonchev–Trinajstić information content (AvgIpc) is 2.76. The highest BCUT2D eigenvalue weighted by molar-refractivity contribution is 5.28. The summed E-state index contributed by atoms with van der Waals surface area (Å²) < 4.78 is 8.02. The number of hydrogen-bond donors (Lipinski definition) is 1. The smallest absolute Gasteiger partial charge is 0.203 e. The molecule has 1 fully saturated rings. The summed E-state index contributed by atoms with van der Waals surface area (Å²) >= 11 is 0. The molecular formula is C14H25N3O. The number of nitrogens with one attached hydrogen (secondary N) is 1. The first-order valence-electron chi connectivity index (χ1n) is 7.19. The minimum atomic E-state index is 0.494. The zero-order chi connectivity index (χ0) is 12.8. The maximum atomic E-state index is 5.89. The first-order valence-corrected chi connectivity index (χ1v) is 7.19. The number of ether oxygens (including phenoxy) is 1. The second kappa shape index (κ2) is 6.78. The Labute approximate surface area is 110 Å². The highest BCUT2D eigenvalue weighted by atomic mass is 16.5. The number of imidazole rings is 1. The summed E-state index contributed by atoms with van der Waals surface area (Å²) in [6, 6.07) is 0. The Morgan fingerprint density at radius 2 is 2.17 bits per heavy atom. The van der Waals surface area contributed by atoms with Gasteiger partial charge in [0.1, 0.15) is 0 Å². The van der Waals surface area contributed by atoms with E-state index in [0.717, 1.165) is 31.3 Å². The lowest BCUT2D eigenvalue weighted by Crippen LogP contribution is -2.21. The second-order valence-corrected chi connectivity index (χ2v) is 5.05. The van der Waals surface area contributed by atoms with Crippen molar-refractivity contribution in [3.8, 4) is 0 Å². The summed E-state index contributed by atoms with van der Waals surface area (Å²) in [5.41, 5.74) is 1.06. The number of nitrogens with zero attached hydrogens (tertiary/aromatic N) is 2. The van der Waals surface area contributed by atoms with Crippen LogP contribution in [0.2, 0.25) is 0 Å². The van der Waals surface area contributed by atoms with E-state index in [4.69, 9.17) is 4.74 Å². The van der Waals surface area contributed by atoms with E-state index in [2.05, 4.69) is 28.0 Å². The van der Waals surface area contributed by atoms with Gasteiger partial charge in [-0.3, -0.25) is 0 Å². The number of anilines is 1. The summed E-state index contributed by atoms with van der Waals surface area (Å²) in [4.78, 5) is 4.46. The number of hydrogen-bond acceptors (Lipinski definition) is 3. The Balaban J connectivity index is 1.68. The first kappa shape index (κ1) is 13.4. The van der Waals surface area contributed by atoms with Gasteiger partial charge >= 0.3 is 0 Å². The van der Waals surface area contributed by atoms with Gasteiger partial charge in [-0.2, -0.15) is 0 Å². The molecule has 0 spiro atoms. The Kier molecular flexibility index (Phi) is 5.05. The molecule has 0 saturated heterocycles. The van der Waals surface area contributed by atoms with Crippen molar-refractivity contribution in [3.63, 3.8) is 0 Å². The molecule has 0 unspecified atom stereocenters. The maximum absolute atomic E-state index is 5.89. The Bertz CT molecular complexity index is 356. The van der Waals surface area contributed by atoms with Crippen LogP contribution in [0.1, 0.15) is 44.7 Å². The largest absolute Gasteiger partial charge is 0.376 e. The molecule has 0 amide bonds. The molecule has 0 aromatic carbocycles. The quantitative estimate of drug-likeness (QED) is 0.790. The molecule has 1 aliphatic carbocycles. The molecule has 1 aromatic rings. The fourth-order valence-corrected chi connectivity index (χ4v) is 2.55. The lowest BCUT2D eigenvalue weighted by atomic mass is 9.98. The molecular weight excluding hydrogens is 226 g/mol. The molecule has 0 aliphatic heterocycles. The van der Waals surface area contributed by atoms with Crippen LogP contribution in [0.5, 0.6) is 0 Å². The first-order chi connectivity index (χ1) is 8.79. The van der Waals surface area contributed by atoms with E-state index in [1.165, 1.54) is 32.1 Å². The summed E-state index contributed by atoms with van der Waals surface area (Å²) in [5, 5.41) is 3.35. The van der Waals surface area contributed by atoms with E-state index in [9.17, 15) is 0 Å². The van der Waals surface area contributed by atoms with Crippen LogP contribution < -0.4 is 5.32 Å². The molecule has 4 heteroatoms. The van der Waals surface area contributed by atoms with Crippen molar-refractivity contribution < 1.29 is 4.74 Å². The molecule has 2 rings (SSSR count). The van der Waals surface area contributed by atoms with E-state index >= 15 is 0 Å². The molecule has 1 aromatic heterocycles. The SMILES string of the molecule is CCn1cc(C)nc1NCCOC1CCCCC1. The van der Waals surface area contributed by atoms with Crippen LogP contribution in [-0.2, 0) is 11.3 Å². The van der Waals surface area contributed by atoms with Crippen molar-refractivity contribution in [1.29, 1.82) is 0 Å². The van der Waals surface area contributed by atoms with Gasteiger partial charge in [0.2, 0.25) is 5.95 Å². The van der Waals surface area contributed by atoms with Crippen LogP contribution >= 0.6 is 0 Å². The fraction of sp³-hybridized carbons (Fsp3) is 0.786. The normalized spacial score (nSPS) is 17.0. The predicted molar refractivity (Wildman–Crippen MR) is 74.0 cm³/mol. The third-order valence-corrected chi connectivity index (χ3v) is 3.53. The molecule has 4 nitrogen and oxygen atoms in total. The van der Waals surface area contributed by atoms with E-state index in [1.807, 2.05) is 6.92 Å². The molecule has 18 heavy (non-hydrogen) atoms. The van der Waals surface area contributed by atoms with Gasteiger partial charge in [-0.25, -0.2) is 4.98 Å². The molecule has 102 valence electrons. The Morgan fingerprint density at radius 3 is 2.89 bits per heavy atom. The zero-order valence-corrected chi connectivity index (χ0v) is 11.6. The number of rotatable bonds is 6. The molecule has 0 bridgehead atoms. The van der Waals surface area contributed by atoms with Crippen LogP contribution in [-0.4, -0.2) is 28.8 Å². The van der Waals surface area contributed by atoms with Crippen molar-refractivity contribution >= 4 is 5.95 Å². The molecule has 0 atom stereocenters. The Hall–Kier alpha value is -1.03. The number of aryl methyl sites for hydroxylation is 2. The van der Waals surface area contributed by atoms with Crippen molar-refractivity contribution in [2.45, 2.75) is 58.6 Å². The van der Waals surface area contributed by atoms with E-state index in [0.29, 0.717) is 6.10 Å². The minimum Gasteiger partial charge on any atom is -0.376 e. The monoisotopic (exact) mass is 251 g/mol. The zero-order valence-electron chi connectivity index (χ0n) is 11.6. The van der Waals surface area contributed by atoms with E-state index < -0.39 is 0 Å². The molecule has 1 N–H and O–H groups in total. The van der Waals surface area contributed by atoms with E-state index in [1.54, 1.807) is 0 Å². The third kappa shape index (κ3) is 3.73. The minimum absolute atomic E-state index is 0.494. The van der Waals surface area contributed by atoms with E-state index in [-0.39, 0.29) is 0 Å². The van der Waals surface area contributed by atoms with Crippen molar-refractivity contribution in [3.05, 3.63) is 11.9 Å². The van der Waals surface area contributed by atoms with Crippen LogP contribution in [0.25, 0.3) is 0 Å². The Morgan fingerprint density at radius 1 is 1.39 bits per heavy atom. The van der Waals surface area contributed by atoms with Crippen LogP contribution in [0, 0.1) is 6.92 Å². The third-order valence-electron chi connectivity index (χ3n) is 3.53. The topological polar surface area (TPSA) is 39.1 Å². The molecule has 1 heterocycles. The van der Waals surface area contributed by atoms with Gasteiger partial charge < -0.3 is 14.6 Å². The lowest BCUT2D eigenvalue weighted by molar-refractivity contribution is 0.0347. The van der Waals surface area contributed by atoms with Gasteiger partial charge in [0.05, 0.1) is 18.4 Å². The number of aromatic nitrogens is 2. The standard InChI is InChI=1S/C14H25N3O/c1-3-17-11-12(2)16-14(17)15-9-10-18-13-7-5-4-6-8-13/h11,13H,3-10H2,1-2H3,(H,15,16). The van der Waals surface area contributed by atoms with Crippen molar-refractivity contribution in [2.24, 2.45) is 0 Å². The molecule has 1 saturated carbocycles. The van der Waals surface area contributed by atoms with Gasteiger partial charge in [-0.1, -0.05) is 19.3 Å². The van der Waals surface area contributed by atoms with Gasteiger partial charge in [0.25, 0.3) is 0 Å². The summed E-state index contributed by atoms with van der Waals surface area (Å²) in [6.07, 6.45) is 9.09. The maximum Gasteiger partial charge on any atom is 0.203 e. The van der Waals surface area contributed by atoms with Gasteiger partial charge in [-0.15, -0.1) is 0 Å². The fourth-order valence-electron chi connectivity index (χ4n) is 2.55. The van der Waals surface area contributed by atoms with Gasteiger partial charge in [0, 0.05) is 19.3 Å². The summed E-state index contributed by atoms with van der Waals surface area (Å²) in [7, 11) is 0. The lowest BCUT2D eigenvalue weighted by Gasteiger charge is -2.22. The van der Waals surface area contributed by atoms with Crippen LogP contribution in [0.15, 0.2) is 6.20 Å². The van der Waals surface area contributed by atoms with Gasteiger partial charge in [0.15, 0.2) is 0 Å². The van der Waals surface area contributed by atoms with Crippen molar-refractivity contribution in [2.75, 3.05) is 18.5 Å². The highest BCUT2D eigenvalue weighted by Crippen LogP contribution is 2.20. The van der Waals surface area contributed by atoms with Gasteiger partial charge in [-0.05, 0) is 26.7 Å². The highest BCUT2D eigenvalue weighted by Gasteiger charge is 2.13. The second-order valence-electron chi connectivity index (χ2n) is 5.05. The molecule has 0 radical (unpaired) electrons. The van der Waals surface area contributed by atoms with Crippen molar-refractivity contribution in [1.82, 2.24) is 9.55 Å². The summed E-state index contributed by atoms with van der Waals surface area (Å²) in [5.74, 6) is 0.960. The van der Waals surface area contributed by atoms with Crippen LogP contribution in [0.4, 0.5) is 5.95 Å². The summed E-state index contributed by atoms with van der Waals surface area (Å²) in [6.45, 7) is 6.72. The average molecular weight is 251 g/mol.